The maximum atomic E-state index is 12.5. The molecule has 7 heteroatoms. The number of halogens is 2. The van der Waals surface area contributed by atoms with Crippen LogP contribution in [0.1, 0.15) is 28.0 Å². The Morgan fingerprint density at radius 1 is 1.42 bits per heavy atom. The Morgan fingerprint density at radius 3 is 2.96 bits per heavy atom. The van der Waals surface area contributed by atoms with Gasteiger partial charge < -0.3 is 10.2 Å². The third-order valence-electron chi connectivity index (χ3n) is 4.05. The summed E-state index contributed by atoms with van der Waals surface area (Å²) >= 11 is 9.50. The van der Waals surface area contributed by atoms with Gasteiger partial charge in [0, 0.05) is 36.5 Å². The number of aryl methyl sites for hydroxylation is 1. The number of fused-ring (bicyclic) bond motifs is 1. The molecule has 0 saturated heterocycles. The number of benzene rings is 1. The zero-order valence-corrected chi connectivity index (χ0v) is 15.9. The van der Waals surface area contributed by atoms with Crippen molar-refractivity contribution in [2.45, 2.75) is 25.3 Å². The van der Waals surface area contributed by atoms with Crippen LogP contribution in [0.15, 0.2) is 28.9 Å². The first-order valence-electron chi connectivity index (χ1n) is 7.72. The van der Waals surface area contributed by atoms with E-state index in [2.05, 4.69) is 31.2 Å². The summed E-state index contributed by atoms with van der Waals surface area (Å²) in [5.74, 6) is 0.567. The van der Waals surface area contributed by atoms with E-state index in [1.54, 1.807) is 12.1 Å². The summed E-state index contributed by atoms with van der Waals surface area (Å²) in [5, 5.41) is 3.52. The monoisotopic (exact) mass is 408 g/mol. The van der Waals surface area contributed by atoms with Crippen molar-refractivity contribution < 1.29 is 4.79 Å². The zero-order valence-electron chi connectivity index (χ0n) is 13.5. The lowest BCUT2D eigenvalue weighted by atomic mass is 9.92. The molecular weight excluding hydrogens is 392 g/mol. The van der Waals surface area contributed by atoms with Gasteiger partial charge in [0.1, 0.15) is 0 Å². The molecule has 1 atom stereocenters. The Bertz CT molecular complexity index is 781. The predicted octanol–water partition coefficient (Wildman–Crippen LogP) is 3.25. The van der Waals surface area contributed by atoms with E-state index in [4.69, 9.17) is 11.6 Å². The second kappa shape index (κ2) is 7.07. The first kappa shape index (κ1) is 17.2. The van der Waals surface area contributed by atoms with E-state index >= 15 is 0 Å². The lowest BCUT2D eigenvalue weighted by Gasteiger charge is -2.25. The smallest absolute Gasteiger partial charge is 0.253 e. The van der Waals surface area contributed by atoms with Gasteiger partial charge in [-0.25, -0.2) is 9.97 Å². The molecule has 1 aliphatic rings. The van der Waals surface area contributed by atoms with Crippen LogP contribution in [0.4, 0.5) is 5.95 Å². The van der Waals surface area contributed by atoms with Crippen molar-refractivity contribution in [2.24, 2.45) is 0 Å². The average molecular weight is 410 g/mol. The highest BCUT2D eigenvalue weighted by Gasteiger charge is 2.23. The fourth-order valence-corrected chi connectivity index (χ4v) is 3.33. The van der Waals surface area contributed by atoms with Gasteiger partial charge in [-0.05, 0) is 43.0 Å². The highest BCUT2D eigenvalue weighted by Crippen LogP contribution is 2.23. The predicted molar refractivity (Wildman–Crippen MR) is 98.8 cm³/mol. The number of aromatic nitrogens is 2. The Kier molecular flexibility index (Phi) is 5.06. The van der Waals surface area contributed by atoms with E-state index in [1.807, 2.05) is 31.3 Å². The van der Waals surface area contributed by atoms with Crippen LogP contribution in [0.5, 0.6) is 0 Å². The molecule has 0 radical (unpaired) electrons. The van der Waals surface area contributed by atoms with Crippen LogP contribution in [0.25, 0.3) is 0 Å². The Balaban J connectivity index is 1.72. The largest absolute Gasteiger partial charge is 0.349 e. The van der Waals surface area contributed by atoms with Crippen LogP contribution in [-0.2, 0) is 12.8 Å². The first-order valence-corrected chi connectivity index (χ1v) is 8.89. The summed E-state index contributed by atoms with van der Waals surface area (Å²) in [5.41, 5.74) is 2.65. The van der Waals surface area contributed by atoms with Crippen molar-refractivity contribution in [1.29, 1.82) is 0 Å². The molecule has 0 fully saturated rings. The molecule has 24 heavy (non-hydrogen) atoms. The number of anilines is 1. The van der Waals surface area contributed by atoms with Gasteiger partial charge in [-0.1, -0.05) is 27.5 Å². The third kappa shape index (κ3) is 3.70. The SMILES string of the molecule is CN(C)c1ncc2c(n1)CC[C@H](NC(=O)c1cc(Br)ccc1Cl)C2. The third-order valence-corrected chi connectivity index (χ3v) is 4.87. The summed E-state index contributed by atoms with van der Waals surface area (Å²) in [6.45, 7) is 0. The normalized spacial score (nSPS) is 16.4. The maximum Gasteiger partial charge on any atom is 0.253 e. The number of amides is 1. The minimum atomic E-state index is -0.152. The molecule has 1 aromatic heterocycles. The molecule has 3 rings (SSSR count). The van der Waals surface area contributed by atoms with E-state index < -0.39 is 0 Å². The molecule has 0 spiro atoms. The van der Waals surface area contributed by atoms with E-state index in [0.717, 1.165) is 40.9 Å². The van der Waals surface area contributed by atoms with Gasteiger partial charge in [0.25, 0.3) is 5.91 Å². The van der Waals surface area contributed by atoms with Crippen molar-refractivity contribution in [3.05, 3.63) is 50.7 Å². The van der Waals surface area contributed by atoms with Gasteiger partial charge >= 0.3 is 0 Å². The van der Waals surface area contributed by atoms with Crippen molar-refractivity contribution in [3.63, 3.8) is 0 Å². The van der Waals surface area contributed by atoms with E-state index in [0.29, 0.717) is 10.6 Å². The summed E-state index contributed by atoms with van der Waals surface area (Å²) in [6.07, 6.45) is 4.28. The molecule has 1 aliphatic carbocycles. The maximum absolute atomic E-state index is 12.5. The van der Waals surface area contributed by atoms with Crippen LogP contribution in [0.3, 0.4) is 0 Å². The number of hydrogen-bond acceptors (Lipinski definition) is 4. The molecular formula is C17H18BrClN4O. The molecule has 126 valence electrons. The van der Waals surface area contributed by atoms with Gasteiger partial charge in [0.15, 0.2) is 0 Å². The van der Waals surface area contributed by atoms with Gasteiger partial charge in [-0.3, -0.25) is 4.79 Å². The molecule has 1 heterocycles. The van der Waals surface area contributed by atoms with Crippen LogP contribution >= 0.6 is 27.5 Å². The second-order valence-corrected chi connectivity index (χ2v) is 7.40. The molecule has 2 aromatic rings. The number of rotatable bonds is 3. The topological polar surface area (TPSA) is 58.1 Å². The molecule has 0 aliphatic heterocycles. The Morgan fingerprint density at radius 2 is 2.21 bits per heavy atom. The number of nitrogens with zero attached hydrogens (tertiary/aromatic N) is 3. The van der Waals surface area contributed by atoms with Crippen LogP contribution in [0, 0.1) is 0 Å². The number of carbonyl (C=O) groups is 1. The summed E-state index contributed by atoms with van der Waals surface area (Å²) in [4.78, 5) is 23.3. The van der Waals surface area contributed by atoms with Crippen LogP contribution < -0.4 is 10.2 Å². The van der Waals surface area contributed by atoms with E-state index in [1.165, 1.54) is 0 Å². The standard InChI is InChI=1S/C17H18BrClN4O/c1-23(2)17-20-9-10-7-12(4-6-15(10)22-17)21-16(24)13-8-11(18)3-5-14(13)19/h3,5,8-9,12H,4,6-7H2,1-2H3,(H,21,24)/t12-/m0/s1. The number of hydrogen-bond donors (Lipinski definition) is 1. The first-order chi connectivity index (χ1) is 11.4. The van der Waals surface area contributed by atoms with E-state index in [-0.39, 0.29) is 11.9 Å². The molecule has 5 nitrogen and oxygen atoms in total. The van der Waals surface area contributed by atoms with Crippen LogP contribution in [-0.4, -0.2) is 36.0 Å². The van der Waals surface area contributed by atoms with Gasteiger partial charge in [-0.2, -0.15) is 0 Å². The highest BCUT2D eigenvalue weighted by molar-refractivity contribution is 9.10. The molecule has 0 bridgehead atoms. The fraction of sp³-hybridized carbons (Fsp3) is 0.353. The number of carbonyl (C=O) groups excluding carboxylic acids is 1. The molecule has 0 saturated carbocycles. The van der Waals surface area contributed by atoms with Gasteiger partial charge in [0.05, 0.1) is 10.6 Å². The summed E-state index contributed by atoms with van der Waals surface area (Å²) in [7, 11) is 3.85. The molecule has 1 amide bonds. The zero-order chi connectivity index (χ0) is 17.3. The Labute approximate surface area is 154 Å². The number of nitrogens with one attached hydrogen (secondary N) is 1. The van der Waals surface area contributed by atoms with Crippen LogP contribution in [0.2, 0.25) is 5.02 Å². The average Bonchev–Trinajstić information content (AvgIpc) is 2.56. The lowest BCUT2D eigenvalue weighted by Crippen LogP contribution is -2.39. The van der Waals surface area contributed by atoms with Crippen molar-refractivity contribution >= 4 is 39.4 Å². The summed E-state index contributed by atoms with van der Waals surface area (Å²) < 4.78 is 0.829. The van der Waals surface area contributed by atoms with Gasteiger partial charge in [-0.15, -0.1) is 0 Å². The Hall–Kier alpha value is -1.66. The van der Waals surface area contributed by atoms with E-state index in [9.17, 15) is 4.79 Å². The minimum absolute atomic E-state index is 0.0638. The molecule has 0 unspecified atom stereocenters. The minimum Gasteiger partial charge on any atom is -0.349 e. The lowest BCUT2D eigenvalue weighted by molar-refractivity contribution is 0.0933. The quantitative estimate of drug-likeness (QED) is 0.845. The van der Waals surface area contributed by atoms with Gasteiger partial charge in [0.2, 0.25) is 5.95 Å². The molecule has 1 N–H and O–H groups in total. The highest BCUT2D eigenvalue weighted by atomic mass is 79.9. The van der Waals surface area contributed by atoms with Crippen molar-refractivity contribution in [3.8, 4) is 0 Å². The second-order valence-electron chi connectivity index (χ2n) is 6.07. The fourth-order valence-electron chi connectivity index (χ4n) is 2.77. The molecule has 1 aromatic carbocycles. The van der Waals surface area contributed by atoms with Crippen molar-refractivity contribution in [2.75, 3.05) is 19.0 Å². The van der Waals surface area contributed by atoms with Crippen molar-refractivity contribution in [1.82, 2.24) is 15.3 Å². The summed E-state index contributed by atoms with van der Waals surface area (Å²) in [6, 6.07) is 5.33.